The van der Waals surface area contributed by atoms with Gasteiger partial charge in [0.25, 0.3) is 0 Å². The van der Waals surface area contributed by atoms with E-state index in [0.29, 0.717) is 19.4 Å². The van der Waals surface area contributed by atoms with E-state index in [1.807, 2.05) is 79.9 Å². The highest BCUT2D eigenvalue weighted by atomic mass is 16.7. The maximum Gasteiger partial charge on any atom is 0.303 e. The molecule has 1 saturated heterocycles. The van der Waals surface area contributed by atoms with Crippen LogP contribution in [0.3, 0.4) is 0 Å². The lowest BCUT2D eigenvalue weighted by Gasteiger charge is -2.37. The number of rotatable bonds is 14. The van der Waals surface area contributed by atoms with Gasteiger partial charge in [0.2, 0.25) is 5.91 Å². The minimum atomic E-state index is -0.899. The zero-order valence-electron chi connectivity index (χ0n) is 24.1. The Morgan fingerprint density at radius 3 is 2.43 bits per heavy atom. The van der Waals surface area contributed by atoms with Crippen molar-refractivity contribution in [2.24, 2.45) is 0 Å². The standard InChI is InChI=1S/C34H40N2O6/c1-3-17-36(2)22-30-20-31(26-15-13-24(23-37)14-16-26)42-34(41-30)29-10-5-9-28(19-29)27-8-4-7-25(18-27)21-35-32(38)11-6-12-33(39)40/h3-5,7-10,13-16,18-19,30-31,34,37H,1,6,11-12,17,20-23H2,2H3,(H,35,38)(H,39,40)/t30-,31+,34+/m1/s1. The third kappa shape index (κ3) is 9.09. The maximum absolute atomic E-state index is 12.1. The van der Waals surface area contributed by atoms with Crippen molar-refractivity contribution in [3.05, 3.63) is 108 Å². The summed E-state index contributed by atoms with van der Waals surface area (Å²) in [6.07, 6.45) is 2.30. The minimum Gasteiger partial charge on any atom is -0.481 e. The molecule has 0 radical (unpaired) electrons. The lowest BCUT2D eigenvalue weighted by molar-refractivity contribution is -0.252. The van der Waals surface area contributed by atoms with Crippen LogP contribution in [-0.2, 0) is 32.2 Å². The molecule has 0 aliphatic carbocycles. The lowest BCUT2D eigenvalue weighted by atomic mass is 9.98. The predicted molar refractivity (Wildman–Crippen MR) is 161 cm³/mol. The molecule has 1 fully saturated rings. The fraction of sp³-hybridized carbons (Fsp3) is 0.353. The molecule has 0 aromatic heterocycles. The first-order valence-electron chi connectivity index (χ1n) is 14.3. The fourth-order valence-corrected chi connectivity index (χ4v) is 5.09. The molecule has 1 aliphatic rings. The zero-order chi connectivity index (χ0) is 29.9. The highest BCUT2D eigenvalue weighted by Gasteiger charge is 2.32. The minimum absolute atomic E-state index is 0.000329. The first-order valence-corrected chi connectivity index (χ1v) is 14.3. The molecule has 0 bridgehead atoms. The van der Waals surface area contributed by atoms with E-state index in [9.17, 15) is 14.7 Å². The first-order chi connectivity index (χ1) is 20.3. The number of benzene rings is 3. The SMILES string of the molecule is C=CCN(C)C[C@H]1C[C@@H](c2ccc(CO)cc2)O[C@@H](c2cccc(-c3cccc(CNC(=O)CCCC(=O)O)c3)c2)O1. The molecule has 4 rings (SSSR count). The van der Waals surface area contributed by atoms with Crippen LogP contribution in [0.15, 0.2) is 85.5 Å². The number of ether oxygens (including phenoxy) is 2. The summed E-state index contributed by atoms with van der Waals surface area (Å²) in [4.78, 5) is 25.0. The van der Waals surface area contributed by atoms with Gasteiger partial charge in [0.15, 0.2) is 6.29 Å². The van der Waals surface area contributed by atoms with Gasteiger partial charge >= 0.3 is 5.97 Å². The molecule has 3 aromatic carbocycles. The van der Waals surface area contributed by atoms with Crippen molar-refractivity contribution in [3.63, 3.8) is 0 Å². The Labute approximate surface area is 247 Å². The van der Waals surface area contributed by atoms with Gasteiger partial charge in [0.05, 0.1) is 18.8 Å². The van der Waals surface area contributed by atoms with Gasteiger partial charge in [-0.05, 0) is 53.4 Å². The highest BCUT2D eigenvalue weighted by molar-refractivity contribution is 5.76. The van der Waals surface area contributed by atoms with Gasteiger partial charge in [-0.2, -0.15) is 0 Å². The number of hydrogen-bond acceptors (Lipinski definition) is 6. The molecule has 3 aromatic rings. The van der Waals surface area contributed by atoms with Gasteiger partial charge in [-0.15, -0.1) is 6.58 Å². The second-order valence-electron chi connectivity index (χ2n) is 10.7. The van der Waals surface area contributed by atoms with Crippen molar-refractivity contribution in [2.45, 2.75) is 57.3 Å². The van der Waals surface area contributed by atoms with E-state index < -0.39 is 12.3 Å². The molecule has 1 amide bonds. The van der Waals surface area contributed by atoms with Crippen LogP contribution in [0.25, 0.3) is 11.1 Å². The summed E-state index contributed by atoms with van der Waals surface area (Å²) in [6, 6.07) is 24.0. The van der Waals surface area contributed by atoms with Crippen molar-refractivity contribution < 1.29 is 29.3 Å². The van der Waals surface area contributed by atoms with Gasteiger partial charge in [0, 0.05) is 44.5 Å². The molecular formula is C34H40N2O6. The smallest absolute Gasteiger partial charge is 0.303 e. The summed E-state index contributed by atoms with van der Waals surface area (Å²) in [7, 11) is 2.05. The van der Waals surface area contributed by atoms with Gasteiger partial charge in [-0.25, -0.2) is 0 Å². The second-order valence-corrected chi connectivity index (χ2v) is 10.7. The van der Waals surface area contributed by atoms with Crippen LogP contribution in [0.4, 0.5) is 0 Å². The fourth-order valence-electron chi connectivity index (χ4n) is 5.09. The number of carboxylic acid groups (broad SMARTS) is 1. The van der Waals surface area contributed by atoms with Crippen LogP contribution in [0.5, 0.6) is 0 Å². The van der Waals surface area contributed by atoms with E-state index in [2.05, 4.69) is 22.9 Å². The molecular weight excluding hydrogens is 532 g/mol. The maximum atomic E-state index is 12.1. The molecule has 8 nitrogen and oxygen atoms in total. The van der Waals surface area contributed by atoms with E-state index in [1.165, 1.54) is 0 Å². The number of hydrogen-bond donors (Lipinski definition) is 3. The molecule has 0 unspecified atom stereocenters. The number of carboxylic acids is 1. The Kier molecular flexibility index (Phi) is 11.4. The Morgan fingerprint density at radius 2 is 1.71 bits per heavy atom. The Bertz CT molecular complexity index is 1340. The van der Waals surface area contributed by atoms with Gasteiger partial charge in [-0.3, -0.25) is 9.59 Å². The average Bonchev–Trinajstić information content (AvgIpc) is 3.00. The van der Waals surface area contributed by atoms with Crippen molar-refractivity contribution in [1.82, 2.24) is 10.2 Å². The van der Waals surface area contributed by atoms with Crippen LogP contribution in [0, 0.1) is 0 Å². The molecule has 3 N–H and O–H groups in total. The number of aliphatic hydroxyl groups is 1. The molecule has 222 valence electrons. The lowest BCUT2D eigenvalue weighted by Crippen LogP contribution is -2.37. The van der Waals surface area contributed by atoms with Crippen LogP contribution in [0.2, 0.25) is 0 Å². The first kappa shape index (κ1) is 31.1. The highest BCUT2D eigenvalue weighted by Crippen LogP contribution is 2.39. The number of carbonyl (C=O) groups excluding carboxylic acids is 1. The molecule has 0 spiro atoms. The van der Waals surface area contributed by atoms with Crippen LogP contribution in [0.1, 0.15) is 60.3 Å². The summed E-state index contributed by atoms with van der Waals surface area (Å²) in [5, 5.41) is 21.1. The predicted octanol–water partition coefficient (Wildman–Crippen LogP) is 5.38. The molecule has 1 aliphatic heterocycles. The van der Waals surface area contributed by atoms with Crippen molar-refractivity contribution in [3.8, 4) is 11.1 Å². The topological polar surface area (TPSA) is 108 Å². The van der Waals surface area contributed by atoms with E-state index in [1.54, 1.807) is 0 Å². The third-order valence-electron chi connectivity index (χ3n) is 7.27. The van der Waals surface area contributed by atoms with Gasteiger partial charge < -0.3 is 29.9 Å². The normalized spacial score (nSPS) is 18.5. The van der Waals surface area contributed by atoms with Crippen LogP contribution in [-0.4, -0.2) is 53.2 Å². The Morgan fingerprint density at radius 1 is 0.976 bits per heavy atom. The third-order valence-corrected chi connectivity index (χ3v) is 7.27. The Hall–Kier alpha value is -3.82. The van der Waals surface area contributed by atoms with Crippen LogP contribution >= 0.6 is 0 Å². The van der Waals surface area contributed by atoms with Crippen molar-refractivity contribution >= 4 is 11.9 Å². The largest absolute Gasteiger partial charge is 0.481 e. The number of aliphatic hydroxyl groups excluding tert-OH is 1. The summed E-state index contributed by atoms with van der Waals surface area (Å²) < 4.78 is 13.0. The molecule has 1 heterocycles. The summed E-state index contributed by atoms with van der Waals surface area (Å²) in [6.45, 7) is 5.71. The second kappa shape index (κ2) is 15.4. The average molecular weight is 573 g/mol. The molecule has 0 saturated carbocycles. The van der Waals surface area contributed by atoms with E-state index in [0.717, 1.165) is 46.5 Å². The van der Waals surface area contributed by atoms with E-state index in [-0.39, 0.29) is 37.6 Å². The number of nitrogens with one attached hydrogen (secondary N) is 1. The summed E-state index contributed by atoms with van der Waals surface area (Å²) in [5.41, 5.74) is 5.78. The molecule has 42 heavy (non-hydrogen) atoms. The molecule has 8 heteroatoms. The number of carbonyl (C=O) groups is 2. The van der Waals surface area contributed by atoms with Gasteiger partial charge in [0.1, 0.15) is 0 Å². The van der Waals surface area contributed by atoms with Crippen LogP contribution < -0.4 is 5.32 Å². The van der Waals surface area contributed by atoms with Crippen molar-refractivity contribution in [2.75, 3.05) is 20.1 Å². The Balaban J connectivity index is 1.49. The van der Waals surface area contributed by atoms with Crippen molar-refractivity contribution in [1.29, 1.82) is 0 Å². The summed E-state index contributed by atoms with van der Waals surface area (Å²) in [5.74, 6) is -1.06. The number of nitrogens with zero attached hydrogens (tertiary/aromatic N) is 1. The monoisotopic (exact) mass is 572 g/mol. The quantitative estimate of drug-likeness (QED) is 0.223. The number of aliphatic carboxylic acids is 1. The summed E-state index contributed by atoms with van der Waals surface area (Å²) >= 11 is 0. The number of likely N-dealkylation sites (N-methyl/N-ethyl adjacent to an activating group) is 1. The molecule has 3 atom stereocenters. The zero-order valence-corrected chi connectivity index (χ0v) is 24.1. The van der Waals surface area contributed by atoms with E-state index in [4.69, 9.17) is 14.6 Å². The van der Waals surface area contributed by atoms with E-state index >= 15 is 0 Å². The number of amides is 1. The van der Waals surface area contributed by atoms with Gasteiger partial charge in [-0.1, -0.05) is 66.7 Å².